The number of imidazole rings is 1. The number of aromatic nitrogens is 2. The number of nitrogens with zero attached hydrogens (tertiary/aromatic N) is 1. The predicted octanol–water partition coefficient (Wildman–Crippen LogP) is 2.33. The summed E-state index contributed by atoms with van der Waals surface area (Å²) >= 11 is 0. The van der Waals surface area contributed by atoms with E-state index < -0.39 is 11.9 Å². The number of ketones is 1. The second-order valence-electron chi connectivity index (χ2n) is 4.49. The van der Waals surface area contributed by atoms with E-state index in [2.05, 4.69) is 9.97 Å². The van der Waals surface area contributed by atoms with E-state index in [0.717, 1.165) is 11.4 Å². The summed E-state index contributed by atoms with van der Waals surface area (Å²) in [6.45, 7) is 1.92. The van der Waals surface area contributed by atoms with Crippen molar-refractivity contribution >= 4 is 23.8 Å². The van der Waals surface area contributed by atoms with Gasteiger partial charge in [-0.2, -0.15) is 0 Å². The third-order valence-corrected chi connectivity index (χ3v) is 2.69. The van der Waals surface area contributed by atoms with E-state index in [9.17, 15) is 14.4 Å². The number of aromatic amines is 1. The number of hydrogen-bond acceptors (Lipinski definition) is 4. The number of rotatable bonds is 5. The molecule has 1 heterocycles. The van der Waals surface area contributed by atoms with Crippen LogP contribution in [0.25, 0.3) is 6.08 Å². The monoisotopic (exact) mass is 328 g/mol. The highest BCUT2D eigenvalue weighted by molar-refractivity contribution is 6.06. The number of benzene rings is 1. The molecule has 0 fully saturated rings. The number of carboxylic acid groups (broad SMARTS) is 2. The van der Waals surface area contributed by atoms with Gasteiger partial charge in [0.15, 0.2) is 5.78 Å². The Morgan fingerprint density at radius 1 is 1.00 bits per heavy atom. The van der Waals surface area contributed by atoms with Crippen LogP contribution in [-0.4, -0.2) is 37.9 Å². The van der Waals surface area contributed by atoms with Gasteiger partial charge in [0, 0.05) is 23.4 Å². The molecule has 0 aliphatic carbocycles. The number of carbonyl (C=O) groups is 3. The first-order valence-corrected chi connectivity index (χ1v) is 6.81. The highest BCUT2D eigenvalue weighted by atomic mass is 16.4. The van der Waals surface area contributed by atoms with Crippen molar-refractivity contribution in [1.29, 1.82) is 0 Å². The van der Waals surface area contributed by atoms with E-state index in [-0.39, 0.29) is 5.78 Å². The van der Waals surface area contributed by atoms with Crippen molar-refractivity contribution in [2.75, 3.05) is 0 Å². The summed E-state index contributed by atoms with van der Waals surface area (Å²) in [6, 6.07) is 9.17. The maximum atomic E-state index is 11.7. The molecule has 0 unspecified atom stereocenters. The van der Waals surface area contributed by atoms with E-state index >= 15 is 0 Å². The first-order valence-electron chi connectivity index (χ1n) is 6.81. The summed E-state index contributed by atoms with van der Waals surface area (Å²) in [5.41, 5.74) is 2.44. The Bertz CT molecular complexity index is 744. The van der Waals surface area contributed by atoms with Crippen molar-refractivity contribution in [3.05, 3.63) is 71.8 Å². The van der Waals surface area contributed by atoms with Gasteiger partial charge < -0.3 is 15.2 Å². The van der Waals surface area contributed by atoms with Gasteiger partial charge in [0.05, 0.1) is 12.0 Å². The molecule has 0 aliphatic heterocycles. The van der Waals surface area contributed by atoms with Crippen LogP contribution >= 0.6 is 0 Å². The average Bonchev–Trinajstić information content (AvgIpc) is 2.97. The van der Waals surface area contributed by atoms with Crippen LogP contribution in [0.1, 0.15) is 21.7 Å². The third-order valence-electron chi connectivity index (χ3n) is 2.69. The Morgan fingerprint density at radius 2 is 1.58 bits per heavy atom. The van der Waals surface area contributed by atoms with Crippen LogP contribution in [0.4, 0.5) is 0 Å². The number of aryl methyl sites for hydroxylation is 1. The van der Waals surface area contributed by atoms with Crippen LogP contribution < -0.4 is 0 Å². The molecule has 2 rings (SSSR count). The number of hydrogen-bond donors (Lipinski definition) is 3. The van der Waals surface area contributed by atoms with Gasteiger partial charge >= 0.3 is 11.9 Å². The molecule has 0 radical (unpaired) electrons. The molecule has 0 amide bonds. The van der Waals surface area contributed by atoms with E-state index in [1.165, 1.54) is 0 Å². The smallest absolute Gasteiger partial charge is 0.328 e. The summed E-state index contributed by atoms with van der Waals surface area (Å²) < 4.78 is 0. The van der Waals surface area contributed by atoms with Crippen LogP contribution in [0.5, 0.6) is 0 Å². The highest BCUT2D eigenvalue weighted by Gasteiger charge is 2.01. The van der Waals surface area contributed by atoms with Gasteiger partial charge in [0.1, 0.15) is 0 Å². The zero-order valence-corrected chi connectivity index (χ0v) is 12.8. The van der Waals surface area contributed by atoms with Gasteiger partial charge in [-0.05, 0) is 19.1 Å². The Morgan fingerprint density at radius 3 is 2.04 bits per heavy atom. The van der Waals surface area contributed by atoms with Crippen molar-refractivity contribution in [3.8, 4) is 0 Å². The lowest BCUT2D eigenvalue weighted by molar-refractivity contribution is -0.134. The quantitative estimate of drug-likeness (QED) is 0.572. The molecule has 0 aliphatic rings. The average molecular weight is 328 g/mol. The fourth-order valence-corrected chi connectivity index (χ4v) is 1.53. The number of carbonyl (C=O) groups excluding carboxylic acids is 1. The third kappa shape index (κ3) is 6.99. The lowest BCUT2D eigenvalue weighted by Gasteiger charge is -1.93. The summed E-state index contributed by atoms with van der Waals surface area (Å²) in [5, 5.41) is 15.6. The van der Waals surface area contributed by atoms with Crippen LogP contribution in [0.15, 0.2) is 54.9 Å². The molecule has 7 heteroatoms. The lowest BCUT2D eigenvalue weighted by Crippen LogP contribution is -1.92. The van der Waals surface area contributed by atoms with E-state index in [1.807, 2.05) is 25.1 Å². The molecule has 3 N–H and O–H groups in total. The van der Waals surface area contributed by atoms with Gasteiger partial charge in [-0.15, -0.1) is 0 Å². The molecular weight excluding hydrogens is 312 g/mol. The molecule has 0 bridgehead atoms. The zero-order chi connectivity index (χ0) is 17.9. The molecular formula is C17H16N2O5. The molecule has 7 nitrogen and oxygen atoms in total. The molecule has 1 aromatic carbocycles. The standard InChI is InChI=1S/C13H12N2O.C4H4O4/c1-10-12(15-9-14-10)7-8-13(16)11-5-3-2-4-6-11;5-3(6)1-2-4(7)8/h2-9H,1H3,(H,14,15);1-2H,(H,5,6)(H,7,8). The Balaban J connectivity index is 0.000000307. The molecule has 2 aromatic rings. The minimum absolute atomic E-state index is 0.0111. The first kappa shape index (κ1) is 18.6. The fraction of sp³-hybridized carbons (Fsp3) is 0.0588. The minimum Gasteiger partial charge on any atom is -0.478 e. The summed E-state index contributed by atoms with van der Waals surface area (Å²) in [4.78, 5) is 37.9. The maximum Gasteiger partial charge on any atom is 0.328 e. The molecule has 1 aromatic heterocycles. The van der Waals surface area contributed by atoms with E-state index in [0.29, 0.717) is 17.7 Å². The SMILES string of the molecule is Cc1[nH]cnc1C=CC(=O)c1ccccc1.O=C(O)C=CC(=O)O. The zero-order valence-electron chi connectivity index (χ0n) is 12.8. The van der Waals surface area contributed by atoms with Gasteiger partial charge in [-0.1, -0.05) is 30.3 Å². The number of nitrogens with one attached hydrogen (secondary N) is 1. The van der Waals surface area contributed by atoms with Gasteiger partial charge in [0.25, 0.3) is 0 Å². The molecule has 24 heavy (non-hydrogen) atoms. The maximum absolute atomic E-state index is 11.7. The predicted molar refractivity (Wildman–Crippen MR) is 87.5 cm³/mol. The van der Waals surface area contributed by atoms with Crippen LogP contribution in [-0.2, 0) is 9.59 Å². The number of aliphatic carboxylic acids is 2. The van der Waals surface area contributed by atoms with Gasteiger partial charge in [-0.3, -0.25) is 4.79 Å². The molecule has 0 saturated carbocycles. The largest absolute Gasteiger partial charge is 0.478 e. The second kappa shape index (κ2) is 9.52. The topological polar surface area (TPSA) is 120 Å². The summed E-state index contributed by atoms with van der Waals surface area (Å²) in [5.74, 6) is -2.53. The van der Waals surface area contributed by atoms with Crippen molar-refractivity contribution < 1.29 is 24.6 Å². The number of H-pyrrole nitrogens is 1. The normalized spacial score (nSPS) is 10.4. The Kier molecular flexibility index (Phi) is 7.37. The highest BCUT2D eigenvalue weighted by Crippen LogP contribution is 2.06. The van der Waals surface area contributed by atoms with Crippen LogP contribution in [0, 0.1) is 6.92 Å². The first-order chi connectivity index (χ1) is 11.4. The minimum atomic E-state index is -1.26. The van der Waals surface area contributed by atoms with Crippen molar-refractivity contribution in [3.63, 3.8) is 0 Å². The Hall–Kier alpha value is -3.48. The lowest BCUT2D eigenvalue weighted by atomic mass is 10.1. The number of carboxylic acids is 2. The van der Waals surface area contributed by atoms with Crippen molar-refractivity contribution in [2.45, 2.75) is 6.92 Å². The second-order valence-corrected chi connectivity index (χ2v) is 4.49. The summed E-state index contributed by atoms with van der Waals surface area (Å²) in [7, 11) is 0. The fourth-order valence-electron chi connectivity index (χ4n) is 1.53. The summed E-state index contributed by atoms with van der Waals surface area (Å²) in [6.07, 6.45) is 5.99. The van der Waals surface area contributed by atoms with Gasteiger partial charge in [-0.25, -0.2) is 14.6 Å². The van der Waals surface area contributed by atoms with Crippen LogP contribution in [0.2, 0.25) is 0 Å². The molecule has 0 saturated heterocycles. The molecule has 124 valence electrons. The van der Waals surface area contributed by atoms with Crippen LogP contribution in [0.3, 0.4) is 0 Å². The van der Waals surface area contributed by atoms with Crippen molar-refractivity contribution in [2.24, 2.45) is 0 Å². The van der Waals surface area contributed by atoms with E-state index in [1.54, 1.807) is 30.6 Å². The number of allylic oxidation sites excluding steroid dienone is 1. The molecule has 0 atom stereocenters. The van der Waals surface area contributed by atoms with E-state index in [4.69, 9.17) is 10.2 Å². The van der Waals surface area contributed by atoms with Gasteiger partial charge in [0.2, 0.25) is 0 Å². The Labute approximate surface area is 138 Å². The van der Waals surface area contributed by atoms with Crippen molar-refractivity contribution in [1.82, 2.24) is 9.97 Å². The molecule has 0 spiro atoms.